The zero-order valence-corrected chi connectivity index (χ0v) is 11.8. The van der Waals surface area contributed by atoms with Gasteiger partial charge < -0.3 is 4.40 Å². The van der Waals surface area contributed by atoms with Crippen LogP contribution in [0.15, 0.2) is 18.7 Å². The lowest BCUT2D eigenvalue weighted by Gasteiger charge is -1.95. The summed E-state index contributed by atoms with van der Waals surface area (Å²) in [5.41, 5.74) is 2.14. The van der Waals surface area contributed by atoms with Crippen molar-refractivity contribution in [2.75, 3.05) is 0 Å². The van der Waals surface area contributed by atoms with E-state index in [-0.39, 0.29) is 5.78 Å². The molecule has 0 amide bonds. The average Bonchev–Trinajstić information content (AvgIpc) is 2.72. The van der Waals surface area contributed by atoms with Gasteiger partial charge in [0.05, 0.1) is 17.4 Å². The van der Waals surface area contributed by atoms with Gasteiger partial charge in [0.1, 0.15) is 12.0 Å². The molecule has 2 rings (SSSR count). The summed E-state index contributed by atoms with van der Waals surface area (Å²) in [6.45, 7) is 10.0. The Hall–Kier alpha value is -1.71. The fraction of sp³-hybridized carbons (Fsp3) is 0.500. The van der Waals surface area contributed by atoms with E-state index < -0.39 is 0 Å². The second kappa shape index (κ2) is 6.28. The van der Waals surface area contributed by atoms with Crippen LogP contribution in [0, 0.1) is 12.8 Å². The van der Waals surface area contributed by atoms with Crippen molar-refractivity contribution in [2.24, 2.45) is 5.92 Å². The number of hydrogen-bond acceptors (Lipinski definition) is 3. The van der Waals surface area contributed by atoms with Crippen LogP contribution in [0.5, 0.6) is 0 Å². The Morgan fingerprint density at radius 3 is 2.50 bits per heavy atom. The number of carbonyl (C=O) groups excluding carboxylic acids is 1. The highest BCUT2D eigenvalue weighted by molar-refractivity contribution is 5.98. The lowest BCUT2D eigenvalue weighted by atomic mass is 10.2. The third-order valence-corrected chi connectivity index (χ3v) is 2.70. The van der Waals surface area contributed by atoms with Gasteiger partial charge in [-0.1, -0.05) is 27.2 Å². The Kier molecular flexibility index (Phi) is 5.01. The van der Waals surface area contributed by atoms with E-state index in [1.54, 1.807) is 16.9 Å². The Morgan fingerprint density at radius 1 is 1.39 bits per heavy atom. The number of nitrogens with zero attached hydrogens (tertiary/aromatic N) is 3. The minimum Gasteiger partial charge on any atom is -0.302 e. The van der Waals surface area contributed by atoms with Gasteiger partial charge >= 0.3 is 0 Å². The Balaban J connectivity index is 0.000000280. The molecule has 0 aliphatic rings. The monoisotopic (exact) mass is 247 g/mol. The number of aromatic nitrogens is 3. The summed E-state index contributed by atoms with van der Waals surface area (Å²) < 4.78 is 1.80. The van der Waals surface area contributed by atoms with Crippen LogP contribution >= 0.6 is 0 Å². The third kappa shape index (κ3) is 3.65. The molecule has 4 heteroatoms. The first-order chi connectivity index (χ1) is 8.45. The second-order valence-electron chi connectivity index (χ2n) is 4.77. The van der Waals surface area contributed by atoms with Crippen molar-refractivity contribution in [2.45, 2.75) is 41.0 Å². The molecular formula is C14H21N3O. The summed E-state index contributed by atoms with van der Waals surface area (Å²) in [5.74, 6) is 0.850. The molecule has 2 heterocycles. The molecule has 0 saturated heterocycles. The van der Waals surface area contributed by atoms with Gasteiger partial charge in [0.2, 0.25) is 0 Å². The number of rotatable bonds is 2. The highest BCUT2D eigenvalue weighted by Crippen LogP contribution is 2.08. The second-order valence-corrected chi connectivity index (χ2v) is 4.77. The topological polar surface area (TPSA) is 47.3 Å². The van der Waals surface area contributed by atoms with Gasteiger partial charge in [-0.05, 0) is 12.8 Å². The maximum Gasteiger partial charge on any atom is 0.180 e. The Labute approximate surface area is 108 Å². The standard InChI is InChI=1S/C9H9N3O.C5H12/c1-6-4-12-5-11-9(7(2)13)8(12)3-10-6;1-4-5(2)3/h3-5H,1-2H3;5H,4H2,1-3H3. The zero-order chi connectivity index (χ0) is 13.7. The van der Waals surface area contributed by atoms with E-state index in [1.807, 2.05) is 13.1 Å². The number of carbonyl (C=O) groups is 1. The first kappa shape index (κ1) is 14.4. The summed E-state index contributed by atoms with van der Waals surface area (Å²) in [6.07, 6.45) is 6.44. The fourth-order valence-corrected chi connectivity index (χ4v) is 1.27. The quantitative estimate of drug-likeness (QED) is 0.765. The van der Waals surface area contributed by atoms with E-state index in [0.717, 1.165) is 17.1 Å². The Morgan fingerprint density at radius 2 is 2.00 bits per heavy atom. The van der Waals surface area contributed by atoms with Crippen LogP contribution in [-0.2, 0) is 0 Å². The van der Waals surface area contributed by atoms with Gasteiger partial charge in [-0.25, -0.2) is 4.98 Å². The van der Waals surface area contributed by atoms with Gasteiger partial charge in [0.15, 0.2) is 5.78 Å². The molecular weight excluding hydrogens is 226 g/mol. The summed E-state index contributed by atoms with van der Waals surface area (Å²) in [6, 6.07) is 0. The maximum absolute atomic E-state index is 11.1. The van der Waals surface area contributed by atoms with Gasteiger partial charge in [-0.3, -0.25) is 9.78 Å². The van der Waals surface area contributed by atoms with E-state index in [4.69, 9.17) is 0 Å². The van der Waals surface area contributed by atoms with Crippen LogP contribution < -0.4 is 0 Å². The molecule has 18 heavy (non-hydrogen) atoms. The number of Topliss-reactive ketones (excluding diaryl/α,β-unsaturated/α-hetero) is 1. The van der Waals surface area contributed by atoms with E-state index in [9.17, 15) is 4.79 Å². The van der Waals surface area contributed by atoms with Gasteiger partial charge in [-0.2, -0.15) is 0 Å². The van der Waals surface area contributed by atoms with Crippen molar-refractivity contribution >= 4 is 11.3 Å². The molecule has 0 spiro atoms. The predicted octanol–water partition coefficient (Wildman–Crippen LogP) is 3.29. The maximum atomic E-state index is 11.1. The van der Waals surface area contributed by atoms with Gasteiger partial charge in [-0.15, -0.1) is 0 Å². The summed E-state index contributed by atoms with van der Waals surface area (Å²) in [7, 11) is 0. The molecule has 0 unspecified atom stereocenters. The van der Waals surface area contributed by atoms with Crippen LogP contribution in [0.4, 0.5) is 0 Å². The lowest BCUT2D eigenvalue weighted by molar-refractivity contribution is 0.101. The van der Waals surface area contributed by atoms with E-state index in [0.29, 0.717) is 5.69 Å². The first-order valence-electron chi connectivity index (χ1n) is 6.26. The van der Waals surface area contributed by atoms with Crippen LogP contribution in [0.3, 0.4) is 0 Å². The van der Waals surface area contributed by atoms with E-state index in [1.165, 1.54) is 13.3 Å². The molecule has 0 fully saturated rings. The molecule has 2 aromatic heterocycles. The minimum absolute atomic E-state index is 0.0341. The van der Waals surface area contributed by atoms with Gasteiger partial charge in [0, 0.05) is 13.1 Å². The summed E-state index contributed by atoms with van der Waals surface area (Å²) in [4.78, 5) is 19.2. The Bertz CT molecular complexity index is 529. The molecule has 0 N–H and O–H groups in total. The largest absolute Gasteiger partial charge is 0.302 e. The molecule has 0 saturated carbocycles. The van der Waals surface area contributed by atoms with Crippen LogP contribution in [0.2, 0.25) is 0 Å². The zero-order valence-electron chi connectivity index (χ0n) is 11.8. The normalized spacial score (nSPS) is 10.3. The molecule has 0 atom stereocenters. The number of fused-ring (bicyclic) bond motifs is 1. The molecule has 0 aliphatic carbocycles. The number of ketones is 1. The van der Waals surface area contributed by atoms with Gasteiger partial charge in [0.25, 0.3) is 0 Å². The molecule has 0 radical (unpaired) electrons. The number of imidazole rings is 1. The molecule has 4 nitrogen and oxygen atoms in total. The van der Waals surface area contributed by atoms with Crippen molar-refractivity contribution in [3.63, 3.8) is 0 Å². The summed E-state index contributed by atoms with van der Waals surface area (Å²) >= 11 is 0. The highest BCUT2D eigenvalue weighted by Gasteiger charge is 2.08. The number of hydrogen-bond donors (Lipinski definition) is 0. The molecule has 2 aromatic rings. The third-order valence-electron chi connectivity index (χ3n) is 2.70. The van der Waals surface area contributed by atoms with Crippen LogP contribution in [0.1, 0.15) is 50.3 Å². The molecule has 0 aromatic carbocycles. The van der Waals surface area contributed by atoms with E-state index >= 15 is 0 Å². The van der Waals surface area contributed by atoms with Crippen LogP contribution in [-0.4, -0.2) is 20.2 Å². The van der Waals surface area contributed by atoms with E-state index in [2.05, 4.69) is 30.7 Å². The van der Waals surface area contributed by atoms with Crippen LogP contribution in [0.25, 0.3) is 5.52 Å². The number of aryl methyl sites for hydroxylation is 1. The predicted molar refractivity (Wildman–Crippen MR) is 72.9 cm³/mol. The van der Waals surface area contributed by atoms with Crippen molar-refractivity contribution in [1.29, 1.82) is 0 Å². The molecule has 0 aliphatic heterocycles. The summed E-state index contributed by atoms with van der Waals surface area (Å²) in [5, 5.41) is 0. The fourth-order valence-electron chi connectivity index (χ4n) is 1.27. The molecule has 98 valence electrons. The van der Waals surface area contributed by atoms with Crippen molar-refractivity contribution in [3.8, 4) is 0 Å². The highest BCUT2D eigenvalue weighted by atomic mass is 16.1. The average molecular weight is 247 g/mol. The SMILES string of the molecule is CC(=O)c1ncn2cc(C)ncc12.CCC(C)C. The first-order valence-corrected chi connectivity index (χ1v) is 6.26. The smallest absolute Gasteiger partial charge is 0.180 e. The minimum atomic E-state index is -0.0341. The van der Waals surface area contributed by atoms with Crippen molar-refractivity contribution in [3.05, 3.63) is 30.1 Å². The molecule has 0 bridgehead atoms. The van der Waals surface area contributed by atoms with Crippen molar-refractivity contribution in [1.82, 2.24) is 14.4 Å². The lowest BCUT2D eigenvalue weighted by Crippen LogP contribution is -1.94. The van der Waals surface area contributed by atoms with Crippen molar-refractivity contribution < 1.29 is 4.79 Å².